The molecule has 0 spiro atoms. The van der Waals surface area contributed by atoms with E-state index in [1.807, 2.05) is 13.0 Å². The van der Waals surface area contributed by atoms with Crippen molar-refractivity contribution in [2.75, 3.05) is 23.8 Å². The maximum atomic E-state index is 13.2. The highest BCUT2D eigenvalue weighted by atomic mass is 32.2. The van der Waals surface area contributed by atoms with Crippen molar-refractivity contribution >= 4 is 27.3 Å². The van der Waals surface area contributed by atoms with E-state index in [4.69, 9.17) is 4.74 Å². The lowest BCUT2D eigenvalue weighted by Gasteiger charge is -2.20. The minimum Gasteiger partial charge on any atom is -0.497 e. The molecule has 0 aliphatic carbocycles. The molecule has 1 aromatic heterocycles. The minimum atomic E-state index is -3.90. The Kier molecular flexibility index (Phi) is 6.28. The Labute approximate surface area is 196 Å². The fourth-order valence-electron chi connectivity index (χ4n) is 3.30. The Morgan fingerprint density at radius 3 is 2.50 bits per heavy atom. The van der Waals surface area contributed by atoms with Gasteiger partial charge in [-0.25, -0.2) is 13.1 Å². The third-order valence-electron chi connectivity index (χ3n) is 5.25. The predicted octanol–water partition coefficient (Wildman–Crippen LogP) is 3.06. The average Bonchev–Trinajstić information content (AvgIpc) is 3.39. The number of amides is 1. The zero-order chi connectivity index (χ0) is 24.3. The molecule has 0 saturated carbocycles. The maximum Gasteiger partial charge on any atom is 0.264 e. The second-order valence-corrected chi connectivity index (χ2v) is 9.38. The summed E-state index contributed by atoms with van der Waals surface area (Å²) in [5.74, 6) is 0.170. The summed E-state index contributed by atoms with van der Waals surface area (Å²) in [5.41, 5.74) is 2.81. The number of carbonyl (C=O) groups excluding carboxylic acids is 1. The predicted molar refractivity (Wildman–Crippen MR) is 127 cm³/mol. The van der Waals surface area contributed by atoms with Gasteiger partial charge in [-0.2, -0.15) is 0 Å². The summed E-state index contributed by atoms with van der Waals surface area (Å²) in [4.78, 5) is 12.9. The molecule has 10 nitrogen and oxygen atoms in total. The molecule has 4 aromatic rings. The van der Waals surface area contributed by atoms with Gasteiger partial charge < -0.3 is 10.1 Å². The molecule has 0 aliphatic heterocycles. The van der Waals surface area contributed by atoms with E-state index in [2.05, 4.69) is 20.8 Å². The van der Waals surface area contributed by atoms with Crippen LogP contribution in [0.15, 0.2) is 78.0 Å². The van der Waals surface area contributed by atoms with E-state index in [-0.39, 0.29) is 10.5 Å². The molecule has 3 aromatic carbocycles. The SMILES string of the molecule is COc1ccc(N(C)S(=O)(=O)c2cccc(C(=O)Nc3ccc(C)c(-n4cnnn4)c3)c2)cc1. The summed E-state index contributed by atoms with van der Waals surface area (Å²) in [5, 5.41) is 13.9. The second-order valence-electron chi connectivity index (χ2n) is 7.41. The van der Waals surface area contributed by atoms with Crippen molar-refractivity contribution in [3.63, 3.8) is 0 Å². The van der Waals surface area contributed by atoms with E-state index < -0.39 is 15.9 Å². The van der Waals surface area contributed by atoms with Gasteiger partial charge in [0, 0.05) is 18.3 Å². The van der Waals surface area contributed by atoms with Crippen LogP contribution in [0.3, 0.4) is 0 Å². The van der Waals surface area contributed by atoms with Gasteiger partial charge in [-0.1, -0.05) is 12.1 Å². The number of methoxy groups -OCH3 is 1. The van der Waals surface area contributed by atoms with Crippen LogP contribution < -0.4 is 14.4 Å². The first-order valence-corrected chi connectivity index (χ1v) is 11.6. The van der Waals surface area contributed by atoms with Crippen LogP contribution in [0.4, 0.5) is 11.4 Å². The van der Waals surface area contributed by atoms with Crippen LogP contribution in [0.5, 0.6) is 5.75 Å². The second kappa shape index (κ2) is 9.32. The van der Waals surface area contributed by atoms with Crippen molar-refractivity contribution in [2.45, 2.75) is 11.8 Å². The Morgan fingerprint density at radius 1 is 1.06 bits per heavy atom. The van der Waals surface area contributed by atoms with Gasteiger partial charge in [0.05, 0.1) is 23.4 Å². The van der Waals surface area contributed by atoms with Crippen LogP contribution in [0.2, 0.25) is 0 Å². The highest BCUT2D eigenvalue weighted by Gasteiger charge is 2.22. The fraction of sp³-hybridized carbons (Fsp3) is 0.130. The summed E-state index contributed by atoms with van der Waals surface area (Å²) in [6.07, 6.45) is 1.46. The van der Waals surface area contributed by atoms with Crippen molar-refractivity contribution < 1.29 is 17.9 Å². The van der Waals surface area contributed by atoms with Gasteiger partial charge in [0.2, 0.25) is 0 Å². The molecule has 1 amide bonds. The number of tetrazole rings is 1. The number of nitrogens with one attached hydrogen (secondary N) is 1. The van der Waals surface area contributed by atoms with Gasteiger partial charge in [-0.15, -0.1) is 5.10 Å². The summed E-state index contributed by atoms with van der Waals surface area (Å²) in [7, 11) is -0.903. The van der Waals surface area contributed by atoms with Gasteiger partial charge >= 0.3 is 0 Å². The topological polar surface area (TPSA) is 119 Å². The van der Waals surface area contributed by atoms with Crippen LogP contribution in [0.1, 0.15) is 15.9 Å². The van der Waals surface area contributed by atoms with E-state index in [0.29, 0.717) is 22.8 Å². The molecule has 34 heavy (non-hydrogen) atoms. The number of sulfonamides is 1. The van der Waals surface area contributed by atoms with E-state index in [1.165, 1.54) is 43.4 Å². The number of rotatable bonds is 7. The first-order chi connectivity index (χ1) is 16.3. The molecule has 0 bridgehead atoms. The first-order valence-electron chi connectivity index (χ1n) is 10.2. The maximum absolute atomic E-state index is 13.2. The van der Waals surface area contributed by atoms with Gasteiger partial charge in [0.15, 0.2) is 0 Å². The lowest BCUT2D eigenvalue weighted by Crippen LogP contribution is -2.26. The number of carbonyl (C=O) groups is 1. The van der Waals surface area contributed by atoms with Crippen LogP contribution in [0.25, 0.3) is 5.69 Å². The zero-order valence-electron chi connectivity index (χ0n) is 18.7. The summed E-state index contributed by atoms with van der Waals surface area (Å²) in [6.45, 7) is 1.90. The highest BCUT2D eigenvalue weighted by molar-refractivity contribution is 7.92. The number of benzene rings is 3. The Bertz CT molecular complexity index is 1420. The van der Waals surface area contributed by atoms with Crippen LogP contribution >= 0.6 is 0 Å². The summed E-state index contributed by atoms with van der Waals surface area (Å²) >= 11 is 0. The first kappa shape index (κ1) is 22.9. The Morgan fingerprint density at radius 2 is 1.82 bits per heavy atom. The van der Waals surface area contributed by atoms with Gasteiger partial charge in [-0.05, 0) is 77.5 Å². The molecular weight excluding hydrogens is 456 g/mol. The molecule has 1 N–H and O–H groups in total. The minimum absolute atomic E-state index is 0.00301. The molecule has 11 heteroatoms. The van der Waals surface area contributed by atoms with Crippen molar-refractivity contribution in [1.29, 1.82) is 0 Å². The molecule has 0 atom stereocenters. The third kappa shape index (κ3) is 4.59. The molecule has 0 saturated heterocycles. The monoisotopic (exact) mass is 478 g/mol. The van der Waals surface area contributed by atoms with Crippen LogP contribution in [0, 0.1) is 6.92 Å². The molecule has 4 rings (SSSR count). The largest absolute Gasteiger partial charge is 0.497 e. The number of nitrogens with zero attached hydrogens (tertiary/aromatic N) is 5. The van der Waals surface area contributed by atoms with Gasteiger partial charge in [-0.3, -0.25) is 9.10 Å². The van der Waals surface area contributed by atoms with E-state index >= 15 is 0 Å². The van der Waals surface area contributed by atoms with E-state index in [9.17, 15) is 13.2 Å². The Hall–Kier alpha value is -4.25. The van der Waals surface area contributed by atoms with E-state index in [0.717, 1.165) is 9.87 Å². The molecule has 0 aliphatic rings. The van der Waals surface area contributed by atoms with Crippen LogP contribution in [-0.2, 0) is 10.0 Å². The van der Waals surface area contributed by atoms with Gasteiger partial charge in [0.1, 0.15) is 12.1 Å². The highest BCUT2D eigenvalue weighted by Crippen LogP contribution is 2.25. The number of hydrogen-bond donors (Lipinski definition) is 1. The van der Waals surface area contributed by atoms with Crippen molar-refractivity contribution in [3.05, 3.63) is 84.2 Å². The number of aryl methyl sites for hydroxylation is 1. The quantitative estimate of drug-likeness (QED) is 0.433. The lowest BCUT2D eigenvalue weighted by molar-refractivity contribution is 0.102. The van der Waals surface area contributed by atoms with E-state index in [1.54, 1.807) is 42.5 Å². The number of ether oxygens (including phenoxy) is 1. The zero-order valence-corrected chi connectivity index (χ0v) is 19.5. The standard InChI is InChI=1S/C23H22N6O4S/c1-16-7-8-18(14-22(16)29-15-24-26-27-29)25-23(30)17-5-4-6-21(13-17)34(31,32)28(2)19-9-11-20(33-3)12-10-19/h4-15H,1-3H3,(H,25,30). The van der Waals surface area contributed by atoms with Crippen molar-refractivity contribution in [2.24, 2.45) is 0 Å². The van der Waals surface area contributed by atoms with Gasteiger partial charge in [0.25, 0.3) is 15.9 Å². The smallest absolute Gasteiger partial charge is 0.264 e. The molecular formula is C23H22N6O4S. The normalized spacial score (nSPS) is 11.1. The lowest BCUT2D eigenvalue weighted by atomic mass is 10.1. The average molecular weight is 479 g/mol. The van der Waals surface area contributed by atoms with Crippen molar-refractivity contribution in [3.8, 4) is 11.4 Å². The Balaban J connectivity index is 1.57. The molecule has 0 unspecified atom stereocenters. The fourth-order valence-corrected chi connectivity index (χ4v) is 4.54. The molecule has 0 fully saturated rings. The molecule has 174 valence electrons. The molecule has 1 heterocycles. The van der Waals surface area contributed by atoms with Crippen LogP contribution in [-0.4, -0.2) is 48.7 Å². The summed E-state index contributed by atoms with van der Waals surface area (Å²) < 4.78 is 34.1. The summed E-state index contributed by atoms with van der Waals surface area (Å²) in [6, 6.07) is 17.8. The molecule has 0 radical (unpaired) electrons. The third-order valence-corrected chi connectivity index (χ3v) is 7.04. The number of hydrogen-bond acceptors (Lipinski definition) is 7. The number of anilines is 2. The van der Waals surface area contributed by atoms with Crippen molar-refractivity contribution in [1.82, 2.24) is 20.2 Å². The number of aromatic nitrogens is 4.